The molecule has 2 N–H and O–H groups in total. The molecule has 1 heterocycles. The van der Waals surface area contributed by atoms with Gasteiger partial charge in [0.1, 0.15) is 5.01 Å². The van der Waals surface area contributed by atoms with Crippen molar-refractivity contribution in [1.82, 2.24) is 10.2 Å². The first-order chi connectivity index (χ1) is 7.65. The highest BCUT2D eigenvalue weighted by Gasteiger charge is 2.05. The summed E-state index contributed by atoms with van der Waals surface area (Å²) in [5.74, 6) is 0.702. The van der Waals surface area contributed by atoms with Gasteiger partial charge in [0.05, 0.1) is 10.8 Å². The van der Waals surface area contributed by atoms with Gasteiger partial charge in [-0.2, -0.15) is 0 Å². The second-order valence-corrected chi connectivity index (χ2v) is 6.00. The Morgan fingerprint density at radius 3 is 2.75 bits per heavy atom. The maximum atomic E-state index is 6.04. The zero-order valence-electron chi connectivity index (χ0n) is 7.98. The molecule has 0 fully saturated rings. The summed E-state index contributed by atoms with van der Waals surface area (Å²) >= 11 is 14.7. The van der Waals surface area contributed by atoms with E-state index in [2.05, 4.69) is 10.2 Å². The predicted octanol–water partition coefficient (Wildman–Crippen LogP) is 3.72. The number of nitrogen functional groups attached to an aromatic ring is 1. The quantitative estimate of drug-likeness (QED) is 0.692. The van der Waals surface area contributed by atoms with Gasteiger partial charge in [0.15, 0.2) is 0 Å². The van der Waals surface area contributed by atoms with E-state index >= 15 is 0 Å². The van der Waals surface area contributed by atoms with Gasteiger partial charge in [-0.25, -0.2) is 0 Å². The molecule has 0 atom stereocenters. The first-order valence-corrected chi connectivity index (χ1v) is 6.86. The molecule has 2 aromatic rings. The summed E-state index contributed by atoms with van der Waals surface area (Å²) in [6.07, 6.45) is 0. The predicted molar refractivity (Wildman–Crippen MR) is 70.3 cm³/mol. The van der Waals surface area contributed by atoms with Crippen molar-refractivity contribution in [2.24, 2.45) is 0 Å². The highest BCUT2D eigenvalue weighted by atomic mass is 35.5. The minimum absolute atomic E-state index is 0.457. The number of hydrogen-bond acceptors (Lipinski definition) is 5. The van der Waals surface area contributed by atoms with E-state index in [9.17, 15) is 0 Å². The van der Waals surface area contributed by atoms with Gasteiger partial charge >= 0.3 is 0 Å². The lowest BCUT2D eigenvalue weighted by Gasteiger charge is -2.02. The summed E-state index contributed by atoms with van der Waals surface area (Å²) in [5, 5.41) is 9.19. The number of anilines is 1. The van der Waals surface area contributed by atoms with Crippen LogP contribution in [0.1, 0.15) is 5.01 Å². The zero-order chi connectivity index (χ0) is 11.5. The molecule has 0 spiro atoms. The van der Waals surface area contributed by atoms with E-state index in [0.29, 0.717) is 20.9 Å². The van der Waals surface area contributed by atoms with Crippen molar-refractivity contribution in [2.45, 2.75) is 10.6 Å². The van der Waals surface area contributed by atoms with Crippen LogP contribution in [0.5, 0.6) is 0 Å². The molecule has 0 saturated carbocycles. The summed E-state index contributed by atoms with van der Waals surface area (Å²) in [4.78, 5) is 0.974. The molecule has 0 amide bonds. The van der Waals surface area contributed by atoms with Crippen molar-refractivity contribution in [3.8, 4) is 0 Å². The molecule has 16 heavy (non-hydrogen) atoms. The number of rotatable bonds is 3. The average Bonchev–Trinajstić information content (AvgIpc) is 2.63. The van der Waals surface area contributed by atoms with Crippen molar-refractivity contribution in [3.63, 3.8) is 0 Å². The maximum absolute atomic E-state index is 6.04. The van der Waals surface area contributed by atoms with Crippen molar-refractivity contribution in [1.29, 1.82) is 0 Å². The van der Waals surface area contributed by atoms with Gasteiger partial charge in [0.25, 0.3) is 0 Å². The van der Waals surface area contributed by atoms with Crippen LogP contribution in [0.15, 0.2) is 23.1 Å². The van der Waals surface area contributed by atoms with Gasteiger partial charge in [-0.3, -0.25) is 0 Å². The fourth-order valence-electron chi connectivity index (χ4n) is 1.07. The van der Waals surface area contributed by atoms with Gasteiger partial charge in [-0.05, 0) is 29.8 Å². The fourth-order valence-corrected chi connectivity index (χ4v) is 3.19. The second kappa shape index (κ2) is 5.23. The Kier molecular flexibility index (Phi) is 3.91. The minimum Gasteiger partial charge on any atom is -0.399 e. The number of halogens is 2. The molecule has 1 aromatic heterocycles. The summed E-state index contributed by atoms with van der Waals surface area (Å²) in [7, 11) is 0. The third kappa shape index (κ3) is 3.01. The molecular formula is C9H7Cl2N3S2. The number of nitrogens with two attached hydrogens (primary N) is 1. The lowest BCUT2D eigenvalue weighted by atomic mass is 10.3. The number of aromatic nitrogens is 2. The van der Waals surface area contributed by atoms with Gasteiger partial charge in [-0.1, -0.05) is 22.9 Å². The third-order valence-corrected chi connectivity index (χ3v) is 4.46. The van der Waals surface area contributed by atoms with Gasteiger partial charge in [0.2, 0.25) is 4.47 Å². The third-order valence-electron chi connectivity index (χ3n) is 1.75. The van der Waals surface area contributed by atoms with E-state index in [1.807, 2.05) is 12.1 Å². The monoisotopic (exact) mass is 291 g/mol. The van der Waals surface area contributed by atoms with Crippen LogP contribution in [0.25, 0.3) is 0 Å². The van der Waals surface area contributed by atoms with Gasteiger partial charge in [-0.15, -0.1) is 22.0 Å². The number of benzene rings is 1. The topological polar surface area (TPSA) is 51.8 Å². The first kappa shape index (κ1) is 12.0. The lowest BCUT2D eigenvalue weighted by molar-refractivity contribution is 1.04. The van der Waals surface area contributed by atoms with Crippen LogP contribution in [-0.4, -0.2) is 10.2 Å². The molecule has 0 unspecified atom stereocenters. The van der Waals surface area contributed by atoms with Crippen LogP contribution in [-0.2, 0) is 5.75 Å². The largest absolute Gasteiger partial charge is 0.399 e. The summed E-state index contributed by atoms with van der Waals surface area (Å²) in [6.45, 7) is 0. The Balaban J connectivity index is 2.04. The summed E-state index contributed by atoms with van der Waals surface area (Å²) in [6, 6.07) is 5.45. The summed E-state index contributed by atoms with van der Waals surface area (Å²) < 4.78 is 0.457. The van der Waals surface area contributed by atoms with E-state index in [4.69, 9.17) is 28.9 Å². The van der Waals surface area contributed by atoms with Crippen molar-refractivity contribution >= 4 is 52.0 Å². The van der Waals surface area contributed by atoms with Crippen LogP contribution in [0.4, 0.5) is 5.69 Å². The van der Waals surface area contributed by atoms with Crippen molar-refractivity contribution < 1.29 is 0 Å². The Morgan fingerprint density at radius 1 is 1.31 bits per heavy atom. The van der Waals surface area contributed by atoms with Crippen LogP contribution >= 0.6 is 46.3 Å². The number of nitrogens with zero attached hydrogens (tertiary/aromatic N) is 2. The SMILES string of the molecule is Nc1ccc(SCc2nnc(Cl)s2)c(Cl)c1. The maximum Gasteiger partial charge on any atom is 0.207 e. The number of hydrogen-bond donors (Lipinski definition) is 1. The molecule has 0 radical (unpaired) electrons. The fraction of sp³-hybridized carbons (Fsp3) is 0.111. The lowest BCUT2D eigenvalue weighted by Crippen LogP contribution is -1.85. The molecule has 0 aliphatic heterocycles. The van der Waals surface area contributed by atoms with Gasteiger partial charge in [0, 0.05) is 10.6 Å². The van der Waals surface area contributed by atoms with Crippen molar-refractivity contribution in [2.75, 3.05) is 5.73 Å². The van der Waals surface area contributed by atoms with E-state index in [-0.39, 0.29) is 0 Å². The Bertz CT molecular complexity index is 501. The van der Waals surface area contributed by atoms with Crippen LogP contribution in [0.3, 0.4) is 0 Å². The van der Waals surface area contributed by atoms with Crippen LogP contribution in [0.2, 0.25) is 9.49 Å². The van der Waals surface area contributed by atoms with E-state index < -0.39 is 0 Å². The molecule has 0 bridgehead atoms. The molecule has 3 nitrogen and oxygen atoms in total. The zero-order valence-corrected chi connectivity index (χ0v) is 11.1. The average molecular weight is 292 g/mol. The smallest absolute Gasteiger partial charge is 0.207 e. The highest BCUT2D eigenvalue weighted by molar-refractivity contribution is 7.98. The first-order valence-electron chi connectivity index (χ1n) is 4.31. The summed E-state index contributed by atoms with van der Waals surface area (Å²) in [5.41, 5.74) is 6.27. The molecule has 1 aromatic carbocycles. The molecule has 0 aliphatic carbocycles. The minimum atomic E-state index is 0.457. The normalized spacial score (nSPS) is 10.6. The van der Waals surface area contributed by atoms with E-state index in [0.717, 1.165) is 9.90 Å². The van der Waals surface area contributed by atoms with Crippen molar-refractivity contribution in [3.05, 3.63) is 32.7 Å². The molecule has 84 valence electrons. The highest BCUT2D eigenvalue weighted by Crippen LogP contribution is 2.32. The Morgan fingerprint density at radius 2 is 2.12 bits per heavy atom. The molecule has 2 rings (SSSR count). The number of thioether (sulfide) groups is 1. The molecule has 0 saturated heterocycles. The van der Waals surface area contributed by atoms with Gasteiger partial charge < -0.3 is 5.73 Å². The van der Waals surface area contributed by atoms with Crippen LogP contribution in [0, 0.1) is 0 Å². The van der Waals surface area contributed by atoms with Crippen LogP contribution < -0.4 is 5.73 Å². The molecule has 7 heteroatoms. The standard InChI is InChI=1S/C9H7Cl2N3S2/c10-6-3-5(12)1-2-7(6)15-4-8-13-14-9(11)16-8/h1-3H,4,12H2. The Labute approximate surface area is 111 Å². The Hall–Kier alpha value is -0.490. The molecule has 0 aliphatic rings. The van der Waals surface area contributed by atoms with E-state index in [1.54, 1.807) is 17.8 Å². The second-order valence-electron chi connectivity index (χ2n) is 2.93. The molecular weight excluding hydrogens is 285 g/mol. The van der Waals surface area contributed by atoms with E-state index in [1.165, 1.54) is 11.3 Å².